The molecule has 2 aromatic rings. The quantitative estimate of drug-likeness (QED) is 0.903. The van der Waals surface area contributed by atoms with E-state index in [1.54, 1.807) is 38.6 Å². The molecule has 1 aromatic heterocycles. The Balaban J connectivity index is 2.23. The minimum absolute atomic E-state index is 0.535. The summed E-state index contributed by atoms with van der Waals surface area (Å²) in [5.41, 5.74) is 0.871. The fourth-order valence-electron chi connectivity index (χ4n) is 2.29. The highest BCUT2D eigenvalue weighted by molar-refractivity contribution is 5.81. The summed E-state index contributed by atoms with van der Waals surface area (Å²) in [6.07, 6.45) is 0.809. The van der Waals surface area contributed by atoms with Crippen LogP contribution in [0.1, 0.15) is 33.7 Å². The molecular formula is C16H21N3O4. The second-order valence-corrected chi connectivity index (χ2v) is 6.34. The van der Waals surface area contributed by atoms with Crippen LogP contribution in [-0.4, -0.2) is 38.4 Å². The number of benzene rings is 1. The number of ether oxygens (including phenoxy) is 1. The van der Waals surface area contributed by atoms with Gasteiger partial charge in [0.15, 0.2) is 6.04 Å². The van der Waals surface area contributed by atoms with E-state index in [1.807, 2.05) is 24.3 Å². The maximum Gasteiger partial charge on any atom is 0.408 e. The van der Waals surface area contributed by atoms with Crippen LogP contribution in [0.15, 0.2) is 30.6 Å². The van der Waals surface area contributed by atoms with Crippen molar-refractivity contribution in [2.24, 2.45) is 0 Å². The third-order valence-electron chi connectivity index (χ3n) is 3.34. The molecule has 124 valence electrons. The van der Waals surface area contributed by atoms with Gasteiger partial charge in [-0.2, -0.15) is 0 Å². The van der Waals surface area contributed by atoms with Crippen LogP contribution in [0.3, 0.4) is 0 Å². The van der Waals surface area contributed by atoms with Gasteiger partial charge in [-0.05, 0) is 39.8 Å². The molecule has 2 unspecified atom stereocenters. The highest BCUT2D eigenvalue weighted by Gasteiger charge is 2.30. The van der Waals surface area contributed by atoms with Crippen molar-refractivity contribution in [2.75, 3.05) is 0 Å². The van der Waals surface area contributed by atoms with Crippen LogP contribution in [0.5, 0.6) is 0 Å². The van der Waals surface area contributed by atoms with Gasteiger partial charge in [0.2, 0.25) is 0 Å². The molecule has 0 radical (unpaired) electrons. The van der Waals surface area contributed by atoms with Gasteiger partial charge >= 0.3 is 12.1 Å². The molecule has 2 rings (SSSR count). The van der Waals surface area contributed by atoms with Gasteiger partial charge in [-0.3, -0.25) is 0 Å². The van der Waals surface area contributed by atoms with Crippen molar-refractivity contribution in [3.8, 4) is 0 Å². The summed E-state index contributed by atoms with van der Waals surface area (Å²) in [5, 5.41) is 11.9. The standard InChI is InChI=1S/C16H21N3O4/c1-10(19-9-17-11-7-5-6-8-12(11)19)13(14(20)21)18-15(22)23-16(2,3)4/h5-10,13H,1-4H3,(H,18,22)(H,20,21). The van der Waals surface area contributed by atoms with E-state index >= 15 is 0 Å². The number of carbonyl (C=O) groups excluding carboxylic acids is 1. The highest BCUT2D eigenvalue weighted by atomic mass is 16.6. The topological polar surface area (TPSA) is 93.5 Å². The van der Waals surface area contributed by atoms with E-state index in [1.165, 1.54) is 0 Å². The maximum atomic E-state index is 11.9. The average molecular weight is 319 g/mol. The normalized spacial score (nSPS) is 14.3. The van der Waals surface area contributed by atoms with Crippen molar-refractivity contribution < 1.29 is 19.4 Å². The van der Waals surface area contributed by atoms with E-state index in [4.69, 9.17) is 4.74 Å². The van der Waals surface area contributed by atoms with Crippen LogP contribution in [0.25, 0.3) is 11.0 Å². The van der Waals surface area contributed by atoms with Crippen molar-refractivity contribution >= 4 is 23.1 Å². The van der Waals surface area contributed by atoms with E-state index < -0.39 is 29.7 Å². The SMILES string of the molecule is CC(C(NC(=O)OC(C)(C)C)C(=O)O)n1cnc2ccccc21. The number of nitrogens with one attached hydrogen (secondary N) is 1. The van der Waals surface area contributed by atoms with E-state index in [0.29, 0.717) is 0 Å². The Morgan fingerprint density at radius 3 is 2.57 bits per heavy atom. The lowest BCUT2D eigenvalue weighted by molar-refractivity contribution is -0.140. The van der Waals surface area contributed by atoms with E-state index in [-0.39, 0.29) is 0 Å². The fraction of sp³-hybridized carbons (Fsp3) is 0.438. The zero-order valence-corrected chi connectivity index (χ0v) is 13.6. The molecule has 2 N–H and O–H groups in total. The van der Waals surface area contributed by atoms with E-state index in [0.717, 1.165) is 11.0 Å². The second kappa shape index (κ2) is 6.28. The molecule has 0 aliphatic heterocycles. The zero-order valence-electron chi connectivity index (χ0n) is 13.6. The van der Waals surface area contributed by atoms with Gasteiger partial charge in [-0.25, -0.2) is 14.6 Å². The van der Waals surface area contributed by atoms with Crippen LogP contribution in [-0.2, 0) is 9.53 Å². The third-order valence-corrected chi connectivity index (χ3v) is 3.34. The first-order valence-electron chi connectivity index (χ1n) is 7.33. The lowest BCUT2D eigenvalue weighted by atomic mass is 10.1. The van der Waals surface area contributed by atoms with Crippen molar-refractivity contribution in [1.82, 2.24) is 14.9 Å². The van der Waals surface area contributed by atoms with Crippen molar-refractivity contribution in [3.63, 3.8) is 0 Å². The lowest BCUT2D eigenvalue weighted by Gasteiger charge is -2.25. The number of alkyl carbamates (subject to hydrolysis) is 1. The summed E-state index contributed by atoms with van der Waals surface area (Å²) in [6.45, 7) is 6.86. The molecule has 1 heterocycles. The Hall–Kier alpha value is -2.57. The molecule has 0 spiro atoms. The predicted octanol–water partition coefficient (Wildman–Crippen LogP) is 2.58. The Morgan fingerprint density at radius 2 is 1.96 bits per heavy atom. The largest absolute Gasteiger partial charge is 0.480 e. The number of imidazole rings is 1. The first-order chi connectivity index (χ1) is 10.7. The van der Waals surface area contributed by atoms with Crippen LogP contribution < -0.4 is 5.32 Å². The van der Waals surface area contributed by atoms with Crippen molar-refractivity contribution in [2.45, 2.75) is 45.4 Å². The summed E-state index contributed by atoms with van der Waals surface area (Å²) in [5.74, 6) is -1.14. The molecule has 1 amide bonds. The molecule has 1 aromatic carbocycles. The van der Waals surface area contributed by atoms with Gasteiger partial charge in [-0.1, -0.05) is 12.1 Å². The molecule has 2 atom stereocenters. The first kappa shape index (κ1) is 16.8. The molecule has 0 saturated heterocycles. The molecule has 0 bridgehead atoms. The number of fused-ring (bicyclic) bond motifs is 1. The Labute approximate surface area is 134 Å². The number of carboxylic acids is 1. The van der Waals surface area contributed by atoms with Crippen molar-refractivity contribution in [3.05, 3.63) is 30.6 Å². The molecule has 0 saturated carbocycles. The Kier molecular flexibility index (Phi) is 4.58. The Morgan fingerprint density at radius 1 is 1.30 bits per heavy atom. The number of amides is 1. The summed E-state index contributed by atoms with van der Waals surface area (Å²) in [7, 11) is 0. The molecule has 0 aliphatic carbocycles. The maximum absolute atomic E-state index is 11.9. The fourth-order valence-corrected chi connectivity index (χ4v) is 2.29. The van der Waals surface area contributed by atoms with Crippen LogP contribution >= 0.6 is 0 Å². The number of hydrogen-bond acceptors (Lipinski definition) is 4. The molecule has 7 nitrogen and oxygen atoms in total. The molecular weight excluding hydrogens is 298 g/mol. The van der Waals surface area contributed by atoms with Gasteiger partial charge in [0.05, 0.1) is 23.4 Å². The minimum atomic E-state index is -1.14. The van der Waals surface area contributed by atoms with Gasteiger partial charge in [-0.15, -0.1) is 0 Å². The van der Waals surface area contributed by atoms with Gasteiger partial charge in [0.1, 0.15) is 5.60 Å². The summed E-state index contributed by atoms with van der Waals surface area (Å²) < 4.78 is 6.86. The Bertz CT molecular complexity index is 717. The smallest absolute Gasteiger partial charge is 0.408 e. The number of carboxylic acid groups (broad SMARTS) is 1. The molecule has 0 aliphatic rings. The summed E-state index contributed by atoms with van der Waals surface area (Å²) >= 11 is 0. The minimum Gasteiger partial charge on any atom is -0.480 e. The number of nitrogens with zero attached hydrogens (tertiary/aromatic N) is 2. The number of para-hydroxylation sites is 2. The number of aromatic nitrogens is 2. The number of hydrogen-bond donors (Lipinski definition) is 2. The molecule has 7 heteroatoms. The van der Waals surface area contributed by atoms with Gasteiger partial charge < -0.3 is 19.7 Å². The van der Waals surface area contributed by atoms with Crippen LogP contribution in [0.4, 0.5) is 4.79 Å². The molecule has 23 heavy (non-hydrogen) atoms. The zero-order chi connectivity index (χ0) is 17.2. The van der Waals surface area contributed by atoms with Crippen LogP contribution in [0.2, 0.25) is 0 Å². The number of rotatable bonds is 4. The van der Waals surface area contributed by atoms with Crippen molar-refractivity contribution in [1.29, 1.82) is 0 Å². The third kappa shape index (κ3) is 4.00. The average Bonchev–Trinajstić information content (AvgIpc) is 2.85. The highest BCUT2D eigenvalue weighted by Crippen LogP contribution is 2.20. The van der Waals surface area contributed by atoms with E-state index in [9.17, 15) is 14.7 Å². The second-order valence-electron chi connectivity index (χ2n) is 6.34. The summed E-state index contributed by atoms with van der Waals surface area (Å²) in [6, 6.07) is 5.73. The lowest BCUT2D eigenvalue weighted by Crippen LogP contribution is -2.47. The predicted molar refractivity (Wildman–Crippen MR) is 85.2 cm³/mol. The van der Waals surface area contributed by atoms with Gasteiger partial charge in [0.25, 0.3) is 0 Å². The number of carbonyl (C=O) groups is 2. The summed E-state index contributed by atoms with van der Waals surface area (Å²) in [4.78, 5) is 27.7. The van der Waals surface area contributed by atoms with Gasteiger partial charge in [0, 0.05) is 0 Å². The monoisotopic (exact) mass is 319 g/mol. The first-order valence-corrected chi connectivity index (χ1v) is 7.33. The molecule has 0 fully saturated rings. The van der Waals surface area contributed by atoms with Crippen LogP contribution in [0, 0.1) is 0 Å². The van der Waals surface area contributed by atoms with E-state index in [2.05, 4.69) is 10.3 Å². The number of aliphatic carboxylic acids is 1.